The third-order valence-corrected chi connectivity index (χ3v) is 2.74. The van der Waals surface area contributed by atoms with E-state index in [1.54, 1.807) is 24.2 Å². The molecule has 3 N–H and O–H groups in total. The van der Waals surface area contributed by atoms with Crippen LogP contribution in [0.15, 0.2) is 12.4 Å². The lowest BCUT2D eigenvalue weighted by Gasteiger charge is -2.07. The average Bonchev–Trinajstić information content (AvgIpc) is 2.74. The van der Waals surface area contributed by atoms with Crippen LogP contribution in [0.5, 0.6) is 0 Å². The predicted octanol–water partition coefficient (Wildman–Crippen LogP) is 0.0107. The number of nitrogens with zero attached hydrogens (tertiary/aromatic N) is 1. The molecule has 0 saturated carbocycles. The van der Waals surface area contributed by atoms with E-state index in [0.29, 0.717) is 5.69 Å². The van der Waals surface area contributed by atoms with Gasteiger partial charge < -0.3 is 5.32 Å². The molecule has 1 aliphatic heterocycles. The molecule has 0 spiro atoms. The van der Waals surface area contributed by atoms with E-state index < -0.39 is 0 Å². The number of aromatic amines is 1. The lowest BCUT2D eigenvalue weighted by atomic mass is 10.3. The molecule has 0 radical (unpaired) electrons. The van der Waals surface area contributed by atoms with Crippen LogP contribution in [0.2, 0.25) is 0 Å². The largest absolute Gasteiger partial charge is 0.322 e. The van der Waals surface area contributed by atoms with E-state index in [2.05, 4.69) is 20.8 Å². The van der Waals surface area contributed by atoms with Crippen molar-refractivity contribution in [2.24, 2.45) is 0 Å². The van der Waals surface area contributed by atoms with Crippen LogP contribution in [-0.4, -0.2) is 33.8 Å². The lowest BCUT2D eigenvalue weighted by molar-refractivity contribution is -0.117. The number of anilines is 1. The molecular weight excluding hydrogens is 188 g/mol. The van der Waals surface area contributed by atoms with E-state index in [1.807, 2.05) is 0 Å². The van der Waals surface area contributed by atoms with E-state index >= 15 is 0 Å². The van der Waals surface area contributed by atoms with Crippen molar-refractivity contribution < 1.29 is 4.79 Å². The zero-order chi connectivity index (χ0) is 9.10. The molecule has 5 nitrogen and oxygen atoms in total. The molecule has 0 aliphatic carbocycles. The van der Waals surface area contributed by atoms with E-state index in [9.17, 15) is 4.79 Å². The molecule has 0 bridgehead atoms. The topological polar surface area (TPSA) is 69.8 Å². The van der Waals surface area contributed by atoms with Crippen LogP contribution in [0.4, 0.5) is 5.69 Å². The van der Waals surface area contributed by atoms with Crippen LogP contribution in [0.3, 0.4) is 0 Å². The Hall–Kier alpha value is -1.01. The summed E-state index contributed by atoms with van der Waals surface area (Å²) in [7, 11) is 0. The van der Waals surface area contributed by atoms with Crippen molar-refractivity contribution in [2.45, 2.75) is 6.04 Å². The van der Waals surface area contributed by atoms with Crippen LogP contribution < -0.4 is 10.6 Å². The predicted molar refractivity (Wildman–Crippen MR) is 51.5 cm³/mol. The summed E-state index contributed by atoms with van der Waals surface area (Å²) < 4.78 is 0. The Bertz CT molecular complexity index is 281. The maximum atomic E-state index is 11.5. The van der Waals surface area contributed by atoms with Crippen molar-refractivity contribution in [1.82, 2.24) is 15.5 Å². The number of hydrogen-bond donors (Lipinski definition) is 3. The first kappa shape index (κ1) is 8.58. The molecule has 1 aromatic heterocycles. The summed E-state index contributed by atoms with van der Waals surface area (Å²) in [6.45, 7) is 0. The first-order valence-electron chi connectivity index (χ1n) is 3.97. The van der Waals surface area contributed by atoms with Crippen LogP contribution in [0.25, 0.3) is 0 Å². The maximum Gasteiger partial charge on any atom is 0.242 e. The van der Waals surface area contributed by atoms with Crippen molar-refractivity contribution in [3.05, 3.63) is 12.4 Å². The molecule has 2 heterocycles. The van der Waals surface area contributed by atoms with Crippen LogP contribution >= 0.6 is 11.8 Å². The van der Waals surface area contributed by atoms with E-state index in [1.165, 1.54) is 0 Å². The summed E-state index contributed by atoms with van der Waals surface area (Å²) in [5.74, 6) is 1.69. The molecule has 70 valence electrons. The van der Waals surface area contributed by atoms with Gasteiger partial charge in [0.25, 0.3) is 0 Å². The number of hydrogen-bond acceptors (Lipinski definition) is 4. The van der Waals surface area contributed by atoms with Gasteiger partial charge in [0.2, 0.25) is 5.91 Å². The average molecular weight is 198 g/mol. The standard InChI is InChI=1S/C7H10N4OS/c12-7(6-3-13-4-8-6)11-5-1-9-10-2-5/h1-2,6,8H,3-4H2,(H,9,10)(H,11,12). The second kappa shape index (κ2) is 3.80. The van der Waals surface area contributed by atoms with Crippen molar-refractivity contribution in [2.75, 3.05) is 16.9 Å². The second-order valence-electron chi connectivity index (χ2n) is 2.75. The van der Waals surface area contributed by atoms with Gasteiger partial charge in [0.1, 0.15) is 0 Å². The Morgan fingerprint density at radius 3 is 3.31 bits per heavy atom. The van der Waals surface area contributed by atoms with Gasteiger partial charge in [-0.2, -0.15) is 5.10 Å². The minimum absolute atomic E-state index is 0.00593. The zero-order valence-corrected chi connectivity index (χ0v) is 7.73. The Balaban J connectivity index is 1.91. The molecule has 1 aliphatic rings. The second-order valence-corrected chi connectivity index (χ2v) is 3.78. The molecule has 2 rings (SSSR count). The molecule has 1 unspecified atom stereocenters. The summed E-state index contributed by atoms with van der Waals surface area (Å²) in [5.41, 5.74) is 0.712. The van der Waals surface area contributed by atoms with Gasteiger partial charge in [0, 0.05) is 17.8 Å². The number of H-pyrrole nitrogens is 1. The molecule has 13 heavy (non-hydrogen) atoms. The molecule has 1 amide bonds. The molecule has 6 heteroatoms. The number of amides is 1. The highest BCUT2D eigenvalue weighted by atomic mass is 32.2. The number of nitrogens with one attached hydrogen (secondary N) is 3. The van der Waals surface area contributed by atoms with Gasteiger partial charge >= 0.3 is 0 Å². The van der Waals surface area contributed by atoms with Crippen LogP contribution in [-0.2, 0) is 4.79 Å². The summed E-state index contributed by atoms with van der Waals surface area (Å²) >= 11 is 1.73. The van der Waals surface area contributed by atoms with Gasteiger partial charge in [0.05, 0.1) is 17.9 Å². The maximum absolute atomic E-state index is 11.5. The fourth-order valence-corrected chi connectivity index (χ4v) is 2.05. The highest BCUT2D eigenvalue weighted by Crippen LogP contribution is 2.11. The fourth-order valence-electron chi connectivity index (χ4n) is 1.11. The molecule has 0 aromatic carbocycles. The molecule has 1 atom stereocenters. The van der Waals surface area contributed by atoms with Gasteiger partial charge in [-0.05, 0) is 0 Å². The first-order valence-corrected chi connectivity index (χ1v) is 5.12. The highest BCUT2D eigenvalue weighted by Gasteiger charge is 2.22. The smallest absolute Gasteiger partial charge is 0.242 e. The minimum atomic E-state index is -0.0695. The van der Waals surface area contributed by atoms with Gasteiger partial charge in [-0.25, -0.2) is 0 Å². The van der Waals surface area contributed by atoms with Crippen LogP contribution in [0, 0.1) is 0 Å². The summed E-state index contributed by atoms with van der Waals surface area (Å²) in [6, 6.07) is -0.0695. The number of thioether (sulfide) groups is 1. The normalized spacial score (nSPS) is 21.7. The number of carbonyl (C=O) groups is 1. The third-order valence-electron chi connectivity index (χ3n) is 1.80. The lowest BCUT2D eigenvalue weighted by Crippen LogP contribution is -2.37. The van der Waals surface area contributed by atoms with Crippen molar-refractivity contribution in [1.29, 1.82) is 0 Å². The number of rotatable bonds is 2. The molecule has 1 fully saturated rings. The quantitative estimate of drug-likeness (QED) is 0.626. The summed E-state index contributed by atoms with van der Waals surface area (Å²) in [6.07, 6.45) is 3.24. The van der Waals surface area contributed by atoms with Crippen molar-refractivity contribution in [3.63, 3.8) is 0 Å². The number of carbonyl (C=O) groups excluding carboxylic acids is 1. The molecule has 1 aromatic rings. The van der Waals surface area contributed by atoms with Gasteiger partial charge in [-0.15, -0.1) is 11.8 Å². The van der Waals surface area contributed by atoms with E-state index in [4.69, 9.17) is 0 Å². The van der Waals surface area contributed by atoms with Crippen molar-refractivity contribution >= 4 is 23.4 Å². The van der Waals surface area contributed by atoms with Crippen LogP contribution in [0.1, 0.15) is 0 Å². The number of aromatic nitrogens is 2. The summed E-state index contributed by atoms with van der Waals surface area (Å²) in [4.78, 5) is 11.5. The third kappa shape index (κ3) is 2.02. The van der Waals surface area contributed by atoms with Gasteiger partial charge in [-0.3, -0.25) is 15.2 Å². The fraction of sp³-hybridized carbons (Fsp3) is 0.429. The zero-order valence-electron chi connectivity index (χ0n) is 6.91. The van der Waals surface area contributed by atoms with Gasteiger partial charge in [-0.1, -0.05) is 0 Å². The molecular formula is C7H10N4OS. The Labute approximate surface area is 79.7 Å². The Morgan fingerprint density at radius 1 is 1.77 bits per heavy atom. The van der Waals surface area contributed by atoms with E-state index in [0.717, 1.165) is 11.6 Å². The SMILES string of the molecule is O=C(Nc1cn[nH]c1)C1CSCN1. The first-order chi connectivity index (χ1) is 6.36. The molecule has 1 saturated heterocycles. The van der Waals surface area contributed by atoms with Gasteiger partial charge in [0.15, 0.2) is 0 Å². The summed E-state index contributed by atoms with van der Waals surface area (Å²) in [5, 5.41) is 12.2. The monoisotopic (exact) mass is 198 g/mol. The van der Waals surface area contributed by atoms with Crippen molar-refractivity contribution in [3.8, 4) is 0 Å². The highest BCUT2D eigenvalue weighted by molar-refractivity contribution is 7.99. The Kier molecular flexibility index (Phi) is 2.51. The Morgan fingerprint density at radius 2 is 2.69 bits per heavy atom. The van der Waals surface area contributed by atoms with E-state index in [-0.39, 0.29) is 11.9 Å². The minimum Gasteiger partial charge on any atom is -0.322 e.